The average Bonchev–Trinajstić information content (AvgIpc) is 2.87. The molecule has 0 aliphatic carbocycles. The second kappa shape index (κ2) is 12.6. The summed E-state index contributed by atoms with van der Waals surface area (Å²) in [6.45, 7) is 5.01. The number of carbonyl (C=O) groups is 2. The van der Waals surface area contributed by atoms with Crippen LogP contribution in [0.25, 0.3) is 0 Å². The Morgan fingerprint density at radius 1 is 0.788 bits per heavy atom. The zero-order valence-electron chi connectivity index (χ0n) is 19.6. The first-order chi connectivity index (χ1) is 16.1. The number of hydrogen-bond donors (Lipinski definition) is 1. The molecule has 4 heteroatoms. The van der Waals surface area contributed by atoms with Gasteiger partial charge in [-0.05, 0) is 29.5 Å². The summed E-state index contributed by atoms with van der Waals surface area (Å²) >= 11 is 0. The number of rotatable bonds is 11. The Balaban J connectivity index is 1.92. The van der Waals surface area contributed by atoms with Gasteiger partial charge in [-0.3, -0.25) is 9.59 Å². The monoisotopic (exact) mass is 442 g/mol. The molecule has 0 fully saturated rings. The van der Waals surface area contributed by atoms with Crippen molar-refractivity contribution in [3.8, 4) is 0 Å². The molecular weight excluding hydrogens is 408 g/mol. The predicted molar refractivity (Wildman–Crippen MR) is 134 cm³/mol. The fourth-order valence-electron chi connectivity index (χ4n) is 4.16. The van der Waals surface area contributed by atoms with Crippen LogP contribution in [0.3, 0.4) is 0 Å². The van der Waals surface area contributed by atoms with Gasteiger partial charge in [0.2, 0.25) is 11.8 Å². The molecule has 3 aromatic rings. The van der Waals surface area contributed by atoms with Gasteiger partial charge in [0.05, 0.1) is 0 Å². The summed E-state index contributed by atoms with van der Waals surface area (Å²) in [5.74, 6) is -0.177. The van der Waals surface area contributed by atoms with Gasteiger partial charge in [0.25, 0.3) is 0 Å². The van der Waals surface area contributed by atoms with Crippen molar-refractivity contribution in [2.45, 2.75) is 51.6 Å². The van der Waals surface area contributed by atoms with E-state index in [2.05, 4.69) is 29.6 Å². The third-order valence-corrected chi connectivity index (χ3v) is 5.91. The lowest BCUT2D eigenvalue weighted by atomic mass is 9.88. The van der Waals surface area contributed by atoms with E-state index in [0.717, 1.165) is 23.1 Å². The Bertz CT molecular complexity index is 950. The number of nitrogens with zero attached hydrogens (tertiary/aromatic N) is 1. The molecule has 4 nitrogen and oxygen atoms in total. The van der Waals surface area contributed by atoms with Gasteiger partial charge in [0, 0.05) is 25.4 Å². The highest BCUT2D eigenvalue weighted by Crippen LogP contribution is 2.29. The molecule has 1 unspecified atom stereocenters. The van der Waals surface area contributed by atoms with Crippen molar-refractivity contribution in [1.82, 2.24) is 10.2 Å². The molecular formula is C29H34N2O2. The standard InChI is InChI=1S/C29H34N2O2/c1-3-20-30-29(33)27(4-2)31(22-23-14-8-5-9-15-23)28(32)21-26(24-16-10-6-11-17-24)25-18-12-7-13-19-25/h5-19,26-27H,3-4,20-22H2,1-2H3,(H,30,33). The summed E-state index contributed by atoms with van der Waals surface area (Å²) in [5.41, 5.74) is 3.21. The molecule has 0 aromatic heterocycles. The molecule has 0 aliphatic heterocycles. The lowest BCUT2D eigenvalue weighted by molar-refractivity contribution is -0.141. The van der Waals surface area contributed by atoms with Crippen LogP contribution in [0.1, 0.15) is 55.7 Å². The van der Waals surface area contributed by atoms with Crippen molar-refractivity contribution in [1.29, 1.82) is 0 Å². The number of amides is 2. The van der Waals surface area contributed by atoms with Crippen LogP contribution in [-0.4, -0.2) is 29.3 Å². The molecule has 0 bridgehead atoms. The number of nitrogens with one attached hydrogen (secondary N) is 1. The van der Waals surface area contributed by atoms with Gasteiger partial charge in [-0.1, -0.05) is 105 Å². The number of hydrogen-bond acceptors (Lipinski definition) is 2. The summed E-state index contributed by atoms with van der Waals surface area (Å²) in [5, 5.41) is 2.99. The molecule has 33 heavy (non-hydrogen) atoms. The zero-order chi connectivity index (χ0) is 23.5. The molecule has 172 valence electrons. The van der Waals surface area contributed by atoms with E-state index < -0.39 is 6.04 Å². The first kappa shape index (κ1) is 24.2. The third kappa shape index (κ3) is 6.79. The van der Waals surface area contributed by atoms with Crippen molar-refractivity contribution in [2.75, 3.05) is 6.54 Å². The van der Waals surface area contributed by atoms with Crippen molar-refractivity contribution in [2.24, 2.45) is 0 Å². The first-order valence-corrected chi connectivity index (χ1v) is 11.8. The fourth-order valence-corrected chi connectivity index (χ4v) is 4.16. The first-order valence-electron chi connectivity index (χ1n) is 11.8. The maximum absolute atomic E-state index is 13.8. The molecule has 2 amide bonds. The molecule has 1 atom stereocenters. The van der Waals surface area contributed by atoms with Gasteiger partial charge in [-0.2, -0.15) is 0 Å². The largest absolute Gasteiger partial charge is 0.354 e. The van der Waals surface area contributed by atoms with Crippen LogP contribution in [0.2, 0.25) is 0 Å². The number of benzene rings is 3. The van der Waals surface area contributed by atoms with E-state index in [1.165, 1.54) is 0 Å². The zero-order valence-corrected chi connectivity index (χ0v) is 19.6. The lowest BCUT2D eigenvalue weighted by Gasteiger charge is -2.32. The van der Waals surface area contributed by atoms with Crippen molar-refractivity contribution in [3.63, 3.8) is 0 Å². The Hall–Kier alpha value is -3.40. The smallest absolute Gasteiger partial charge is 0.242 e. The van der Waals surface area contributed by atoms with Crippen LogP contribution in [0.5, 0.6) is 0 Å². The molecule has 0 spiro atoms. The molecule has 3 aromatic carbocycles. The maximum Gasteiger partial charge on any atom is 0.242 e. The minimum atomic E-state index is -0.503. The molecule has 1 N–H and O–H groups in total. The SMILES string of the molecule is CCCNC(=O)C(CC)N(Cc1ccccc1)C(=O)CC(c1ccccc1)c1ccccc1. The lowest BCUT2D eigenvalue weighted by Crippen LogP contribution is -2.49. The maximum atomic E-state index is 13.8. The minimum Gasteiger partial charge on any atom is -0.354 e. The average molecular weight is 443 g/mol. The van der Waals surface area contributed by atoms with Crippen molar-refractivity contribution < 1.29 is 9.59 Å². The van der Waals surface area contributed by atoms with Crippen LogP contribution < -0.4 is 5.32 Å². The van der Waals surface area contributed by atoms with Crippen LogP contribution in [-0.2, 0) is 16.1 Å². The van der Waals surface area contributed by atoms with Gasteiger partial charge >= 0.3 is 0 Å². The van der Waals surface area contributed by atoms with E-state index in [9.17, 15) is 9.59 Å². The third-order valence-electron chi connectivity index (χ3n) is 5.91. The van der Waals surface area contributed by atoms with E-state index in [-0.39, 0.29) is 17.7 Å². The van der Waals surface area contributed by atoms with Crippen molar-refractivity contribution >= 4 is 11.8 Å². The normalized spacial score (nSPS) is 11.7. The number of carbonyl (C=O) groups excluding carboxylic acids is 2. The highest BCUT2D eigenvalue weighted by molar-refractivity contribution is 5.88. The van der Waals surface area contributed by atoms with Crippen LogP contribution >= 0.6 is 0 Å². The molecule has 0 heterocycles. The molecule has 0 saturated heterocycles. The van der Waals surface area contributed by atoms with E-state index >= 15 is 0 Å². The fraction of sp³-hybridized carbons (Fsp3) is 0.310. The molecule has 3 rings (SSSR count). The summed E-state index contributed by atoms with van der Waals surface area (Å²) < 4.78 is 0. The molecule has 0 radical (unpaired) electrons. The van der Waals surface area contributed by atoms with E-state index in [1.54, 1.807) is 4.90 Å². The van der Waals surface area contributed by atoms with Crippen LogP contribution in [0, 0.1) is 0 Å². The topological polar surface area (TPSA) is 49.4 Å². The summed E-state index contributed by atoms with van der Waals surface area (Å²) in [7, 11) is 0. The van der Waals surface area contributed by atoms with Crippen molar-refractivity contribution in [3.05, 3.63) is 108 Å². The van der Waals surface area contributed by atoms with Gasteiger partial charge < -0.3 is 10.2 Å². The highest BCUT2D eigenvalue weighted by Gasteiger charge is 2.30. The van der Waals surface area contributed by atoms with Gasteiger partial charge in [-0.15, -0.1) is 0 Å². The second-order valence-corrected chi connectivity index (χ2v) is 8.30. The van der Waals surface area contributed by atoms with E-state index in [1.807, 2.05) is 80.6 Å². The molecule has 0 aliphatic rings. The van der Waals surface area contributed by atoms with Crippen LogP contribution in [0.15, 0.2) is 91.0 Å². The Morgan fingerprint density at radius 2 is 1.30 bits per heavy atom. The summed E-state index contributed by atoms with van der Waals surface area (Å²) in [6.07, 6.45) is 1.73. The van der Waals surface area contributed by atoms with Gasteiger partial charge in [-0.25, -0.2) is 0 Å². The summed E-state index contributed by atoms with van der Waals surface area (Å²) in [6, 6.07) is 29.7. The van der Waals surface area contributed by atoms with Crippen LogP contribution in [0.4, 0.5) is 0 Å². The highest BCUT2D eigenvalue weighted by atomic mass is 16.2. The van der Waals surface area contributed by atoms with Gasteiger partial charge in [0.1, 0.15) is 6.04 Å². The Labute approximate surface area is 197 Å². The van der Waals surface area contributed by atoms with Gasteiger partial charge in [0.15, 0.2) is 0 Å². The molecule has 0 saturated carbocycles. The second-order valence-electron chi connectivity index (χ2n) is 8.30. The summed E-state index contributed by atoms with van der Waals surface area (Å²) in [4.78, 5) is 28.6. The predicted octanol–water partition coefficient (Wildman–Crippen LogP) is 5.54. The Morgan fingerprint density at radius 3 is 1.79 bits per heavy atom. The van der Waals surface area contributed by atoms with E-state index in [0.29, 0.717) is 25.9 Å². The Kier molecular flexibility index (Phi) is 9.25. The minimum absolute atomic E-state index is 0.0185. The quantitative estimate of drug-likeness (QED) is 0.424. The van der Waals surface area contributed by atoms with E-state index in [4.69, 9.17) is 0 Å².